The van der Waals surface area contributed by atoms with Crippen LogP contribution in [-0.2, 0) is 9.59 Å². The molecule has 2 amide bonds. The molecule has 6 nitrogen and oxygen atoms in total. The molecule has 1 atom stereocenters. The first-order valence-electron chi connectivity index (χ1n) is 8.29. The molecule has 1 aliphatic heterocycles. The number of nitrogens with one attached hydrogen (secondary N) is 2. The summed E-state index contributed by atoms with van der Waals surface area (Å²) in [5, 5.41) is 15.5. The molecule has 1 heterocycles. The van der Waals surface area contributed by atoms with Crippen molar-refractivity contribution in [3.05, 3.63) is 64.9 Å². The van der Waals surface area contributed by atoms with Gasteiger partial charge in [0.25, 0.3) is 5.91 Å². The summed E-state index contributed by atoms with van der Waals surface area (Å²) in [5.74, 6) is -1.22. The van der Waals surface area contributed by atoms with E-state index in [0.717, 1.165) is 16.8 Å². The molecule has 0 spiro atoms. The van der Waals surface area contributed by atoms with Crippen molar-refractivity contribution in [2.24, 2.45) is 5.10 Å². The molecule has 144 valence electrons. The van der Waals surface area contributed by atoms with Gasteiger partial charge in [0, 0.05) is 10.7 Å². The molecule has 0 aromatic heterocycles. The van der Waals surface area contributed by atoms with Crippen LogP contribution in [0.2, 0.25) is 5.02 Å². The fourth-order valence-electron chi connectivity index (χ4n) is 2.52. The molecule has 28 heavy (non-hydrogen) atoms. The SMILES string of the molecule is CC(=NN1C(=N)S[C@@H](C(=O)Nc2cccc(Cl)c2)CC1=O)c1ccc(F)cc1. The third-order valence-corrected chi connectivity index (χ3v) is 5.24. The van der Waals surface area contributed by atoms with Crippen molar-refractivity contribution >= 4 is 51.7 Å². The summed E-state index contributed by atoms with van der Waals surface area (Å²) in [6, 6.07) is 12.3. The second kappa shape index (κ2) is 8.53. The van der Waals surface area contributed by atoms with E-state index in [1.54, 1.807) is 43.3 Å². The van der Waals surface area contributed by atoms with E-state index in [2.05, 4.69) is 10.4 Å². The van der Waals surface area contributed by atoms with Crippen molar-refractivity contribution < 1.29 is 14.0 Å². The molecule has 0 saturated carbocycles. The van der Waals surface area contributed by atoms with Gasteiger partial charge < -0.3 is 5.32 Å². The molecule has 0 aliphatic carbocycles. The van der Waals surface area contributed by atoms with Gasteiger partial charge in [-0.1, -0.05) is 41.6 Å². The Morgan fingerprint density at radius 3 is 2.68 bits per heavy atom. The van der Waals surface area contributed by atoms with Gasteiger partial charge in [-0.15, -0.1) is 0 Å². The van der Waals surface area contributed by atoms with Crippen molar-refractivity contribution in [3.8, 4) is 0 Å². The standard InChI is InChI=1S/C19H16ClFN4O2S/c1-11(12-5-7-14(21)8-6-12)24-25-17(26)10-16(28-19(25)22)18(27)23-15-4-2-3-13(20)9-15/h2-9,16,22H,10H2,1H3,(H,23,27)/t16-/m1/s1. The van der Waals surface area contributed by atoms with Crippen LogP contribution < -0.4 is 5.32 Å². The highest BCUT2D eigenvalue weighted by atomic mass is 35.5. The quantitative estimate of drug-likeness (QED) is 0.732. The molecule has 0 unspecified atom stereocenters. The van der Waals surface area contributed by atoms with Crippen LogP contribution >= 0.6 is 23.4 Å². The van der Waals surface area contributed by atoms with Gasteiger partial charge in [0.2, 0.25) is 5.91 Å². The minimum atomic E-state index is -0.739. The van der Waals surface area contributed by atoms with Crippen LogP contribution in [-0.4, -0.2) is 33.0 Å². The topological polar surface area (TPSA) is 85.6 Å². The van der Waals surface area contributed by atoms with Gasteiger partial charge in [-0.25, -0.2) is 4.39 Å². The summed E-state index contributed by atoms with van der Waals surface area (Å²) >= 11 is 6.85. The zero-order chi connectivity index (χ0) is 20.3. The zero-order valence-electron chi connectivity index (χ0n) is 14.8. The first-order valence-corrected chi connectivity index (χ1v) is 9.55. The Morgan fingerprint density at radius 2 is 2.04 bits per heavy atom. The van der Waals surface area contributed by atoms with E-state index >= 15 is 0 Å². The average molecular weight is 419 g/mol. The maximum Gasteiger partial charge on any atom is 0.250 e. The number of amides is 2. The molecular weight excluding hydrogens is 403 g/mol. The van der Waals surface area contributed by atoms with Crippen LogP contribution in [0.4, 0.5) is 10.1 Å². The van der Waals surface area contributed by atoms with Crippen LogP contribution in [0.25, 0.3) is 0 Å². The van der Waals surface area contributed by atoms with E-state index in [4.69, 9.17) is 17.0 Å². The Kier molecular flexibility index (Phi) is 6.11. The molecule has 1 saturated heterocycles. The van der Waals surface area contributed by atoms with Crippen LogP contribution in [0.15, 0.2) is 53.6 Å². The Labute approximate surface area is 170 Å². The number of hydrazone groups is 1. The highest BCUT2D eigenvalue weighted by molar-refractivity contribution is 8.14. The lowest BCUT2D eigenvalue weighted by molar-refractivity contribution is -0.129. The molecule has 3 rings (SSSR count). The Hall–Kier alpha value is -2.71. The Bertz CT molecular complexity index is 947. The monoisotopic (exact) mass is 418 g/mol. The molecule has 2 aromatic carbocycles. The van der Waals surface area contributed by atoms with Crippen molar-refractivity contribution in [2.45, 2.75) is 18.6 Å². The maximum absolute atomic E-state index is 13.0. The van der Waals surface area contributed by atoms with Crippen LogP contribution in [0.5, 0.6) is 0 Å². The van der Waals surface area contributed by atoms with Gasteiger partial charge in [-0.2, -0.15) is 10.1 Å². The summed E-state index contributed by atoms with van der Waals surface area (Å²) < 4.78 is 13.0. The highest BCUT2D eigenvalue weighted by Crippen LogP contribution is 2.27. The molecular formula is C19H16ClFN4O2S. The third-order valence-electron chi connectivity index (χ3n) is 3.94. The van der Waals surface area contributed by atoms with E-state index in [0.29, 0.717) is 22.0 Å². The third kappa shape index (κ3) is 4.76. The first kappa shape index (κ1) is 20.0. The van der Waals surface area contributed by atoms with Gasteiger partial charge in [-0.05, 0) is 42.8 Å². The largest absolute Gasteiger partial charge is 0.325 e. The van der Waals surface area contributed by atoms with E-state index in [1.807, 2.05) is 0 Å². The number of anilines is 1. The predicted molar refractivity (Wildman–Crippen MR) is 109 cm³/mol. The predicted octanol–water partition coefficient (Wildman–Crippen LogP) is 4.11. The maximum atomic E-state index is 13.0. The average Bonchev–Trinajstić information content (AvgIpc) is 2.65. The Balaban J connectivity index is 1.69. The van der Waals surface area contributed by atoms with Crippen molar-refractivity contribution in [2.75, 3.05) is 5.32 Å². The minimum Gasteiger partial charge on any atom is -0.325 e. The van der Waals surface area contributed by atoms with Crippen LogP contribution in [0, 0.1) is 11.2 Å². The van der Waals surface area contributed by atoms with E-state index < -0.39 is 11.2 Å². The second-order valence-electron chi connectivity index (χ2n) is 6.01. The van der Waals surface area contributed by atoms with Crippen molar-refractivity contribution in [1.29, 1.82) is 5.41 Å². The van der Waals surface area contributed by atoms with Crippen LogP contribution in [0.1, 0.15) is 18.9 Å². The minimum absolute atomic E-state index is 0.0976. The van der Waals surface area contributed by atoms with Crippen molar-refractivity contribution in [1.82, 2.24) is 5.01 Å². The highest BCUT2D eigenvalue weighted by Gasteiger charge is 2.35. The molecule has 0 bridgehead atoms. The number of benzene rings is 2. The lowest BCUT2D eigenvalue weighted by Gasteiger charge is -2.27. The first-order chi connectivity index (χ1) is 13.3. The number of hydrogen-bond acceptors (Lipinski definition) is 5. The van der Waals surface area contributed by atoms with Gasteiger partial charge in [0.1, 0.15) is 11.1 Å². The lowest BCUT2D eigenvalue weighted by Crippen LogP contribution is -2.42. The number of halogens is 2. The molecule has 1 aliphatic rings. The molecule has 2 N–H and O–H groups in total. The lowest BCUT2D eigenvalue weighted by atomic mass is 10.1. The van der Waals surface area contributed by atoms with Gasteiger partial charge in [0.15, 0.2) is 5.17 Å². The summed E-state index contributed by atoms with van der Waals surface area (Å²) in [5.41, 5.74) is 1.61. The summed E-state index contributed by atoms with van der Waals surface area (Å²) in [6.45, 7) is 1.66. The van der Waals surface area contributed by atoms with E-state index in [1.165, 1.54) is 12.1 Å². The number of thioether (sulfide) groups is 1. The molecule has 1 fully saturated rings. The normalized spacial score (nSPS) is 17.6. The number of nitrogens with zero attached hydrogens (tertiary/aromatic N) is 2. The summed E-state index contributed by atoms with van der Waals surface area (Å²) in [4.78, 5) is 24.9. The molecule has 2 aromatic rings. The van der Waals surface area contributed by atoms with E-state index in [-0.39, 0.29) is 23.3 Å². The molecule has 9 heteroatoms. The molecule has 0 radical (unpaired) electrons. The smallest absolute Gasteiger partial charge is 0.250 e. The number of amidine groups is 1. The van der Waals surface area contributed by atoms with Crippen LogP contribution in [0.3, 0.4) is 0 Å². The fraction of sp³-hybridized carbons (Fsp3) is 0.158. The number of rotatable bonds is 4. The fourth-order valence-corrected chi connectivity index (χ4v) is 3.61. The zero-order valence-corrected chi connectivity index (χ0v) is 16.4. The van der Waals surface area contributed by atoms with Crippen molar-refractivity contribution in [3.63, 3.8) is 0 Å². The summed E-state index contributed by atoms with van der Waals surface area (Å²) in [6.07, 6.45) is -0.0976. The van der Waals surface area contributed by atoms with E-state index in [9.17, 15) is 14.0 Å². The number of hydrogen-bond donors (Lipinski definition) is 2. The van der Waals surface area contributed by atoms with Gasteiger partial charge >= 0.3 is 0 Å². The second-order valence-corrected chi connectivity index (χ2v) is 7.64. The number of carbonyl (C=O) groups is 2. The Morgan fingerprint density at radius 1 is 1.32 bits per heavy atom. The number of carbonyl (C=O) groups excluding carboxylic acids is 2. The van der Waals surface area contributed by atoms with Gasteiger partial charge in [-0.3, -0.25) is 15.0 Å². The van der Waals surface area contributed by atoms with Gasteiger partial charge in [0.05, 0.1) is 12.1 Å². The summed E-state index contributed by atoms with van der Waals surface area (Å²) in [7, 11) is 0.